The minimum absolute atomic E-state index is 0.207. The monoisotopic (exact) mass is 268 g/mol. The number of nitrogens with zero attached hydrogens (tertiary/aromatic N) is 1. The van der Waals surface area contributed by atoms with Crippen LogP contribution in [0.2, 0.25) is 0 Å². The van der Waals surface area contributed by atoms with E-state index in [-0.39, 0.29) is 11.5 Å². The van der Waals surface area contributed by atoms with Gasteiger partial charge in [-0.3, -0.25) is 4.79 Å². The number of nitrogens with two attached hydrogens (primary N) is 1. The molecular formula is C15H28N2O2. The van der Waals surface area contributed by atoms with Crippen molar-refractivity contribution >= 4 is 5.91 Å². The lowest BCUT2D eigenvalue weighted by molar-refractivity contribution is -0.146. The van der Waals surface area contributed by atoms with E-state index in [0.29, 0.717) is 12.5 Å². The highest BCUT2D eigenvalue weighted by molar-refractivity contribution is 5.83. The van der Waals surface area contributed by atoms with E-state index in [1.54, 1.807) is 7.11 Å². The minimum atomic E-state index is -0.286. The topological polar surface area (TPSA) is 55.6 Å². The van der Waals surface area contributed by atoms with Gasteiger partial charge in [-0.05, 0) is 25.7 Å². The molecule has 2 aliphatic rings. The van der Waals surface area contributed by atoms with Crippen molar-refractivity contribution < 1.29 is 9.53 Å². The van der Waals surface area contributed by atoms with Gasteiger partial charge in [0.25, 0.3) is 0 Å². The molecule has 1 amide bonds. The van der Waals surface area contributed by atoms with E-state index in [0.717, 1.165) is 51.6 Å². The summed E-state index contributed by atoms with van der Waals surface area (Å²) in [6, 6.07) is 0. The van der Waals surface area contributed by atoms with Gasteiger partial charge in [-0.2, -0.15) is 0 Å². The van der Waals surface area contributed by atoms with Gasteiger partial charge in [0.05, 0.1) is 11.5 Å². The van der Waals surface area contributed by atoms with Crippen LogP contribution in [0, 0.1) is 5.41 Å². The fourth-order valence-electron chi connectivity index (χ4n) is 3.56. The van der Waals surface area contributed by atoms with Crippen LogP contribution in [0.15, 0.2) is 0 Å². The molecule has 4 nitrogen and oxygen atoms in total. The summed E-state index contributed by atoms with van der Waals surface area (Å²) >= 11 is 0. The first kappa shape index (κ1) is 14.8. The molecule has 1 unspecified atom stereocenters. The second-order valence-electron chi connectivity index (χ2n) is 6.15. The first-order chi connectivity index (χ1) is 9.22. The molecule has 2 N–H and O–H groups in total. The van der Waals surface area contributed by atoms with E-state index < -0.39 is 0 Å². The summed E-state index contributed by atoms with van der Waals surface area (Å²) in [6.07, 6.45) is 9.03. The van der Waals surface area contributed by atoms with Crippen LogP contribution in [0.5, 0.6) is 0 Å². The summed E-state index contributed by atoms with van der Waals surface area (Å²) in [5, 5.41) is 0. The molecule has 0 aromatic carbocycles. The van der Waals surface area contributed by atoms with Gasteiger partial charge in [0, 0.05) is 26.7 Å². The van der Waals surface area contributed by atoms with Gasteiger partial charge in [0.1, 0.15) is 0 Å². The van der Waals surface area contributed by atoms with Gasteiger partial charge in [-0.25, -0.2) is 0 Å². The lowest BCUT2D eigenvalue weighted by atomic mass is 9.78. The van der Waals surface area contributed by atoms with Crippen molar-refractivity contribution in [2.75, 3.05) is 26.7 Å². The second kappa shape index (κ2) is 6.71. The molecule has 1 aliphatic heterocycles. The highest BCUT2D eigenvalue weighted by Crippen LogP contribution is 2.36. The number of carbonyl (C=O) groups is 1. The van der Waals surface area contributed by atoms with Gasteiger partial charge < -0.3 is 15.4 Å². The number of ether oxygens (including phenoxy) is 1. The Morgan fingerprint density at radius 3 is 2.53 bits per heavy atom. The Morgan fingerprint density at radius 1 is 1.26 bits per heavy atom. The van der Waals surface area contributed by atoms with Crippen molar-refractivity contribution in [2.24, 2.45) is 11.1 Å². The molecular weight excluding hydrogens is 240 g/mol. The third-order valence-corrected chi connectivity index (χ3v) is 4.90. The largest absolute Gasteiger partial charge is 0.380 e. The normalized spacial score (nSPS) is 27.9. The highest BCUT2D eigenvalue weighted by Gasteiger charge is 2.41. The molecule has 2 fully saturated rings. The van der Waals surface area contributed by atoms with E-state index in [2.05, 4.69) is 0 Å². The summed E-state index contributed by atoms with van der Waals surface area (Å²) in [5.41, 5.74) is 5.72. The molecule has 1 atom stereocenters. The van der Waals surface area contributed by atoms with Gasteiger partial charge in [0.15, 0.2) is 0 Å². The lowest BCUT2D eigenvalue weighted by Gasteiger charge is -2.39. The fraction of sp³-hybridized carbons (Fsp3) is 0.933. The number of likely N-dealkylation sites (tertiary alicyclic amines) is 1. The quantitative estimate of drug-likeness (QED) is 0.796. The Hall–Kier alpha value is -0.610. The number of piperidine rings is 1. The second-order valence-corrected chi connectivity index (χ2v) is 6.15. The predicted molar refractivity (Wildman–Crippen MR) is 75.8 cm³/mol. The zero-order chi connectivity index (χ0) is 13.7. The lowest BCUT2D eigenvalue weighted by Crippen LogP contribution is -2.52. The smallest absolute Gasteiger partial charge is 0.230 e. The molecule has 1 saturated carbocycles. The molecule has 1 heterocycles. The Balaban J connectivity index is 2.06. The molecule has 0 bridgehead atoms. The van der Waals surface area contributed by atoms with Crippen LogP contribution >= 0.6 is 0 Å². The van der Waals surface area contributed by atoms with Crippen LogP contribution < -0.4 is 5.73 Å². The minimum Gasteiger partial charge on any atom is -0.380 e. The van der Waals surface area contributed by atoms with Crippen LogP contribution in [0.25, 0.3) is 0 Å². The molecule has 1 saturated heterocycles. The first-order valence-corrected chi connectivity index (χ1v) is 7.74. The third-order valence-electron chi connectivity index (χ3n) is 4.90. The Morgan fingerprint density at radius 2 is 1.95 bits per heavy atom. The van der Waals surface area contributed by atoms with E-state index in [4.69, 9.17) is 10.5 Å². The summed E-state index contributed by atoms with van der Waals surface area (Å²) < 4.78 is 5.42. The maximum absolute atomic E-state index is 12.9. The Labute approximate surface area is 116 Å². The van der Waals surface area contributed by atoms with Crippen molar-refractivity contribution in [2.45, 2.75) is 57.5 Å². The number of carbonyl (C=O) groups excluding carboxylic acids is 1. The third kappa shape index (κ3) is 3.29. The van der Waals surface area contributed by atoms with Gasteiger partial charge in [0.2, 0.25) is 5.91 Å². The van der Waals surface area contributed by atoms with E-state index in [1.165, 1.54) is 12.8 Å². The molecule has 0 aromatic heterocycles. The standard InChI is InChI=1S/C15H28N2O2/c1-19-13-7-6-10-17(11-13)14(18)15(12-16)8-4-2-3-5-9-15/h13H,2-12,16H2,1H3. The molecule has 0 aromatic rings. The summed E-state index contributed by atoms with van der Waals surface area (Å²) in [5.74, 6) is 0.290. The zero-order valence-electron chi connectivity index (χ0n) is 12.2. The van der Waals surface area contributed by atoms with Crippen LogP contribution in [0.4, 0.5) is 0 Å². The number of rotatable bonds is 3. The maximum atomic E-state index is 12.9. The zero-order valence-corrected chi connectivity index (χ0v) is 12.2. The van der Waals surface area contributed by atoms with E-state index in [1.807, 2.05) is 4.90 Å². The average molecular weight is 268 g/mol. The fourth-order valence-corrected chi connectivity index (χ4v) is 3.56. The number of methoxy groups -OCH3 is 1. The van der Waals surface area contributed by atoms with Crippen molar-refractivity contribution in [3.05, 3.63) is 0 Å². The van der Waals surface area contributed by atoms with Gasteiger partial charge in [-0.15, -0.1) is 0 Å². The van der Waals surface area contributed by atoms with Gasteiger partial charge >= 0.3 is 0 Å². The average Bonchev–Trinajstić information content (AvgIpc) is 2.73. The Kier molecular flexibility index (Phi) is 5.22. The molecule has 0 radical (unpaired) electrons. The summed E-state index contributed by atoms with van der Waals surface area (Å²) in [7, 11) is 1.74. The SMILES string of the molecule is COC1CCCN(C(=O)C2(CN)CCCCCC2)C1. The first-order valence-electron chi connectivity index (χ1n) is 7.74. The molecule has 4 heteroatoms. The van der Waals surface area contributed by atoms with Crippen molar-refractivity contribution in [3.63, 3.8) is 0 Å². The molecule has 0 spiro atoms. The molecule has 1 aliphatic carbocycles. The highest BCUT2D eigenvalue weighted by atomic mass is 16.5. The number of hydrogen-bond acceptors (Lipinski definition) is 3. The summed E-state index contributed by atoms with van der Waals surface area (Å²) in [4.78, 5) is 14.9. The maximum Gasteiger partial charge on any atom is 0.230 e. The molecule has 110 valence electrons. The van der Waals surface area contributed by atoms with Crippen LogP contribution in [0.1, 0.15) is 51.4 Å². The molecule has 19 heavy (non-hydrogen) atoms. The van der Waals surface area contributed by atoms with Gasteiger partial charge in [-0.1, -0.05) is 25.7 Å². The number of hydrogen-bond donors (Lipinski definition) is 1. The van der Waals surface area contributed by atoms with Crippen LogP contribution in [-0.2, 0) is 9.53 Å². The van der Waals surface area contributed by atoms with Crippen LogP contribution in [0.3, 0.4) is 0 Å². The van der Waals surface area contributed by atoms with Crippen molar-refractivity contribution in [1.29, 1.82) is 0 Å². The number of amides is 1. The van der Waals surface area contributed by atoms with E-state index in [9.17, 15) is 4.79 Å². The van der Waals surface area contributed by atoms with Crippen molar-refractivity contribution in [1.82, 2.24) is 4.90 Å². The summed E-state index contributed by atoms with van der Waals surface area (Å²) in [6.45, 7) is 2.12. The predicted octanol–water partition coefficient (Wildman–Crippen LogP) is 1.92. The van der Waals surface area contributed by atoms with Crippen molar-refractivity contribution in [3.8, 4) is 0 Å². The van der Waals surface area contributed by atoms with Crippen LogP contribution in [-0.4, -0.2) is 43.7 Å². The Bertz CT molecular complexity index is 299. The van der Waals surface area contributed by atoms with E-state index >= 15 is 0 Å². The molecule has 2 rings (SSSR count).